The number of nitrogens with one attached hydrogen (secondary N) is 2. The smallest absolute Gasteiger partial charge is 0.239 e. The molecule has 0 aliphatic carbocycles. The Kier molecular flexibility index (Phi) is 4.63. The van der Waals surface area contributed by atoms with E-state index < -0.39 is 0 Å². The molecule has 0 bridgehead atoms. The number of amides is 2. The predicted molar refractivity (Wildman–Crippen MR) is 57.4 cm³/mol. The molecule has 15 heavy (non-hydrogen) atoms. The van der Waals surface area contributed by atoms with Crippen LogP contribution in [0.25, 0.3) is 0 Å². The van der Waals surface area contributed by atoms with E-state index in [0.717, 1.165) is 5.56 Å². The Labute approximate surface area is 92.6 Å². The van der Waals surface area contributed by atoms with Gasteiger partial charge in [0.1, 0.15) is 0 Å². The van der Waals surface area contributed by atoms with Gasteiger partial charge in [-0.2, -0.15) is 0 Å². The van der Waals surface area contributed by atoms with Crippen molar-refractivity contribution < 1.29 is 9.59 Å². The highest BCUT2D eigenvalue weighted by Gasteiger charge is 1.99. The van der Waals surface area contributed by atoms with Gasteiger partial charge in [-0.05, 0) is 17.7 Å². The number of hydrogen-bond donors (Lipinski definition) is 2. The molecule has 0 aromatic heterocycles. The van der Waals surface area contributed by atoms with E-state index in [4.69, 9.17) is 11.6 Å². The van der Waals surface area contributed by atoms with E-state index in [0.29, 0.717) is 18.0 Å². The van der Waals surface area contributed by atoms with Crippen LogP contribution in [0, 0.1) is 0 Å². The summed E-state index contributed by atoms with van der Waals surface area (Å²) in [7, 11) is 0. The van der Waals surface area contributed by atoms with Crippen molar-refractivity contribution in [2.75, 3.05) is 6.54 Å². The van der Waals surface area contributed by atoms with Crippen molar-refractivity contribution >= 4 is 23.9 Å². The van der Waals surface area contributed by atoms with Crippen LogP contribution in [0.5, 0.6) is 0 Å². The van der Waals surface area contributed by atoms with Crippen molar-refractivity contribution in [1.82, 2.24) is 10.6 Å². The van der Waals surface area contributed by atoms with Gasteiger partial charge in [0.2, 0.25) is 12.3 Å². The third kappa shape index (κ3) is 4.46. The van der Waals surface area contributed by atoms with E-state index in [1.54, 1.807) is 12.1 Å². The topological polar surface area (TPSA) is 58.2 Å². The molecular weight excluding hydrogens is 216 g/mol. The second kappa shape index (κ2) is 6.03. The number of hydrogen-bond acceptors (Lipinski definition) is 2. The minimum Gasteiger partial charge on any atom is -0.350 e. The van der Waals surface area contributed by atoms with Crippen molar-refractivity contribution in [3.63, 3.8) is 0 Å². The van der Waals surface area contributed by atoms with Gasteiger partial charge in [-0.25, -0.2) is 0 Å². The summed E-state index contributed by atoms with van der Waals surface area (Å²) < 4.78 is 0. The summed E-state index contributed by atoms with van der Waals surface area (Å²) in [5, 5.41) is 5.59. The lowest BCUT2D eigenvalue weighted by Gasteiger charge is -2.04. The number of benzene rings is 1. The first-order chi connectivity index (χ1) is 7.22. The number of carbonyl (C=O) groups is 2. The van der Waals surface area contributed by atoms with E-state index in [1.165, 1.54) is 0 Å². The van der Waals surface area contributed by atoms with E-state index in [1.807, 2.05) is 12.1 Å². The Hall–Kier alpha value is -1.55. The van der Waals surface area contributed by atoms with Crippen LogP contribution in [0.2, 0.25) is 5.02 Å². The molecule has 0 radical (unpaired) electrons. The molecule has 0 saturated carbocycles. The molecule has 0 atom stereocenters. The van der Waals surface area contributed by atoms with Crippen LogP contribution in [0.3, 0.4) is 0 Å². The minimum absolute atomic E-state index is 0.00289. The van der Waals surface area contributed by atoms with Crippen molar-refractivity contribution in [1.29, 1.82) is 0 Å². The van der Waals surface area contributed by atoms with Crippen LogP contribution in [0.1, 0.15) is 5.56 Å². The van der Waals surface area contributed by atoms with Crippen LogP contribution in [-0.4, -0.2) is 18.9 Å². The highest BCUT2D eigenvalue weighted by atomic mass is 35.5. The molecule has 1 rings (SSSR count). The fourth-order valence-electron chi connectivity index (χ4n) is 1.000. The first-order valence-corrected chi connectivity index (χ1v) is 4.78. The normalized spacial score (nSPS) is 9.40. The Morgan fingerprint density at radius 2 is 2.00 bits per heavy atom. The van der Waals surface area contributed by atoms with Gasteiger partial charge in [-0.1, -0.05) is 23.7 Å². The monoisotopic (exact) mass is 226 g/mol. The van der Waals surface area contributed by atoms with Gasteiger partial charge < -0.3 is 10.6 Å². The molecule has 0 aliphatic rings. The lowest BCUT2D eigenvalue weighted by Crippen LogP contribution is -2.32. The molecule has 0 unspecified atom stereocenters. The SMILES string of the molecule is O=CNCC(=O)NCc1ccc(Cl)cc1. The van der Waals surface area contributed by atoms with Gasteiger partial charge in [0.25, 0.3) is 0 Å². The molecule has 2 amide bonds. The molecule has 5 heteroatoms. The van der Waals surface area contributed by atoms with Crippen LogP contribution >= 0.6 is 11.6 Å². The maximum absolute atomic E-state index is 11.1. The Morgan fingerprint density at radius 1 is 1.33 bits per heavy atom. The summed E-state index contributed by atoms with van der Waals surface area (Å²) in [5.41, 5.74) is 0.957. The molecule has 4 nitrogen and oxygen atoms in total. The summed E-state index contributed by atoms with van der Waals surface area (Å²) >= 11 is 5.71. The van der Waals surface area contributed by atoms with Crippen molar-refractivity contribution in [3.05, 3.63) is 34.9 Å². The first-order valence-electron chi connectivity index (χ1n) is 4.40. The average molecular weight is 227 g/mol. The zero-order chi connectivity index (χ0) is 11.1. The van der Waals surface area contributed by atoms with Crippen molar-refractivity contribution in [2.24, 2.45) is 0 Å². The average Bonchev–Trinajstić information content (AvgIpc) is 2.25. The highest BCUT2D eigenvalue weighted by molar-refractivity contribution is 6.30. The van der Waals surface area contributed by atoms with Gasteiger partial charge in [-0.3, -0.25) is 9.59 Å². The Balaban J connectivity index is 2.33. The van der Waals surface area contributed by atoms with Gasteiger partial charge in [0.05, 0.1) is 6.54 Å². The molecule has 0 fully saturated rings. The van der Waals surface area contributed by atoms with Crippen molar-refractivity contribution in [3.8, 4) is 0 Å². The fraction of sp³-hybridized carbons (Fsp3) is 0.200. The third-order valence-electron chi connectivity index (χ3n) is 1.75. The molecule has 2 N–H and O–H groups in total. The lowest BCUT2D eigenvalue weighted by atomic mass is 10.2. The van der Waals surface area contributed by atoms with Gasteiger partial charge >= 0.3 is 0 Å². The van der Waals surface area contributed by atoms with Crippen LogP contribution in [-0.2, 0) is 16.1 Å². The largest absolute Gasteiger partial charge is 0.350 e. The van der Waals surface area contributed by atoms with E-state index >= 15 is 0 Å². The number of carbonyl (C=O) groups excluding carboxylic acids is 2. The molecular formula is C10H11ClN2O2. The number of halogens is 1. The Bertz CT molecular complexity index is 338. The minimum atomic E-state index is -0.225. The van der Waals surface area contributed by atoms with E-state index in [2.05, 4.69) is 10.6 Å². The van der Waals surface area contributed by atoms with Crippen LogP contribution in [0.4, 0.5) is 0 Å². The summed E-state index contributed by atoms with van der Waals surface area (Å²) in [6.45, 7) is 0.424. The number of rotatable bonds is 5. The summed E-state index contributed by atoms with van der Waals surface area (Å²) in [5.74, 6) is -0.225. The van der Waals surface area contributed by atoms with Crippen LogP contribution < -0.4 is 10.6 Å². The summed E-state index contributed by atoms with van der Waals surface area (Å²) in [6.07, 6.45) is 0.488. The molecule has 0 heterocycles. The molecule has 0 saturated heterocycles. The van der Waals surface area contributed by atoms with Gasteiger partial charge in [0.15, 0.2) is 0 Å². The zero-order valence-electron chi connectivity index (χ0n) is 8.00. The second-order valence-electron chi connectivity index (χ2n) is 2.90. The van der Waals surface area contributed by atoms with E-state index in [-0.39, 0.29) is 12.5 Å². The summed E-state index contributed by atoms with van der Waals surface area (Å²) in [6, 6.07) is 7.17. The second-order valence-corrected chi connectivity index (χ2v) is 3.34. The molecule has 1 aromatic carbocycles. The standard InChI is InChI=1S/C10H11ClN2O2/c11-9-3-1-8(2-4-9)5-13-10(15)6-12-7-14/h1-4,7H,5-6H2,(H,12,14)(H,13,15). The quantitative estimate of drug-likeness (QED) is 0.727. The maximum Gasteiger partial charge on any atom is 0.239 e. The summed E-state index contributed by atoms with van der Waals surface area (Å²) in [4.78, 5) is 21.0. The van der Waals surface area contributed by atoms with Gasteiger partial charge in [0, 0.05) is 11.6 Å². The van der Waals surface area contributed by atoms with Crippen molar-refractivity contribution in [2.45, 2.75) is 6.54 Å². The fourth-order valence-corrected chi connectivity index (χ4v) is 1.13. The zero-order valence-corrected chi connectivity index (χ0v) is 8.75. The molecule has 0 spiro atoms. The molecule has 0 aliphatic heterocycles. The molecule has 1 aromatic rings. The third-order valence-corrected chi connectivity index (χ3v) is 2.00. The van der Waals surface area contributed by atoms with Gasteiger partial charge in [-0.15, -0.1) is 0 Å². The maximum atomic E-state index is 11.1. The molecule has 80 valence electrons. The Morgan fingerprint density at radius 3 is 2.60 bits per heavy atom. The lowest BCUT2D eigenvalue weighted by molar-refractivity contribution is -0.122. The van der Waals surface area contributed by atoms with E-state index in [9.17, 15) is 9.59 Å². The first kappa shape index (κ1) is 11.5. The predicted octanol–water partition coefficient (Wildman–Crippen LogP) is 0.702. The highest BCUT2D eigenvalue weighted by Crippen LogP contribution is 2.08. The van der Waals surface area contributed by atoms with Crippen LogP contribution in [0.15, 0.2) is 24.3 Å².